The number of ketones is 2. The summed E-state index contributed by atoms with van der Waals surface area (Å²) < 4.78 is 0. The summed E-state index contributed by atoms with van der Waals surface area (Å²) >= 11 is 0. The molecular weight excluding hydrogens is 360 g/mol. The number of aliphatic carboxylic acids is 2. The van der Waals surface area contributed by atoms with Gasteiger partial charge in [-0.3, -0.25) is 19.2 Å². The van der Waals surface area contributed by atoms with Crippen molar-refractivity contribution in [3.63, 3.8) is 0 Å². The molecule has 0 saturated carbocycles. The van der Waals surface area contributed by atoms with Gasteiger partial charge in [0.15, 0.2) is 0 Å². The van der Waals surface area contributed by atoms with Crippen molar-refractivity contribution in [1.82, 2.24) is 0 Å². The molecule has 0 spiro atoms. The van der Waals surface area contributed by atoms with Crippen LogP contribution in [-0.2, 0) is 32.0 Å². The molecule has 0 heterocycles. The Morgan fingerprint density at radius 2 is 0.964 bits per heavy atom. The van der Waals surface area contributed by atoms with E-state index in [1.165, 1.54) is 0 Å². The highest BCUT2D eigenvalue weighted by atomic mass is 16.4. The zero-order valence-corrected chi connectivity index (χ0v) is 17.1. The number of hydrogen-bond acceptors (Lipinski definition) is 4. The minimum Gasteiger partial charge on any atom is -0.481 e. The minimum absolute atomic E-state index is 0.0194. The first-order valence-electron chi connectivity index (χ1n) is 9.41. The lowest BCUT2D eigenvalue weighted by Crippen LogP contribution is -2.24. The number of carboxylic acid groups (broad SMARTS) is 2. The van der Waals surface area contributed by atoms with Crippen LogP contribution in [0.4, 0.5) is 0 Å². The number of carboxylic acids is 2. The Kier molecular flexibility index (Phi) is 8.09. The van der Waals surface area contributed by atoms with E-state index in [0.29, 0.717) is 12.8 Å². The molecule has 0 bridgehead atoms. The van der Waals surface area contributed by atoms with Gasteiger partial charge in [0.1, 0.15) is 11.6 Å². The summed E-state index contributed by atoms with van der Waals surface area (Å²) in [4.78, 5) is 46.3. The largest absolute Gasteiger partial charge is 0.481 e. The van der Waals surface area contributed by atoms with Gasteiger partial charge >= 0.3 is 11.9 Å². The number of carbonyl (C=O) groups is 4. The van der Waals surface area contributed by atoms with Crippen molar-refractivity contribution in [1.29, 1.82) is 0 Å². The second-order valence-electron chi connectivity index (χ2n) is 8.63. The first kappa shape index (κ1) is 23.5. The Morgan fingerprint density at radius 1 is 0.679 bits per heavy atom. The third-order valence-electron chi connectivity index (χ3n) is 5.04. The van der Waals surface area contributed by atoms with Gasteiger partial charge < -0.3 is 10.2 Å². The highest BCUT2D eigenvalue weighted by molar-refractivity contribution is 5.83. The van der Waals surface area contributed by atoms with E-state index in [1.807, 2.05) is 0 Å². The SMILES string of the molecule is CC(C)(CCC(=O)Cc1ccc(CC(=O)CCC(C)(C)C(=O)O)cc1)C(=O)O. The molecule has 0 saturated heterocycles. The van der Waals surface area contributed by atoms with Gasteiger partial charge in [-0.1, -0.05) is 24.3 Å². The Balaban J connectivity index is 2.51. The molecule has 1 aromatic carbocycles. The maximum Gasteiger partial charge on any atom is 0.309 e. The summed E-state index contributed by atoms with van der Waals surface area (Å²) in [7, 11) is 0. The second kappa shape index (κ2) is 9.62. The van der Waals surface area contributed by atoms with Gasteiger partial charge in [-0.25, -0.2) is 0 Å². The quantitative estimate of drug-likeness (QED) is 0.563. The summed E-state index contributed by atoms with van der Waals surface area (Å²) in [5, 5.41) is 18.2. The van der Waals surface area contributed by atoms with Crippen LogP contribution in [-0.4, -0.2) is 33.7 Å². The molecule has 1 aromatic rings. The van der Waals surface area contributed by atoms with Crippen molar-refractivity contribution in [2.24, 2.45) is 10.8 Å². The molecule has 6 nitrogen and oxygen atoms in total. The molecule has 0 aliphatic carbocycles. The Morgan fingerprint density at radius 3 is 1.21 bits per heavy atom. The van der Waals surface area contributed by atoms with Crippen molar-refractivity contribution in [3.05, 3.63) is 35.4 Å². The van der Waals surface area contributed by atoms with Gasteiger partial charge in [-0.2, -0.15) is 0 Å². The first-order chi connectivity index (χ1) is 12.8. The molecule has 0 atom stereocenters. The van der Waals surface area contributed by atoms with Crippen LogP contribution in [0.2, 0.25) is 0 Å². The van der Waals surface area contributed by atoms with Gasteiger partial charge in [0.2, 0.25) is 0 Å². The Hall–Kier alpha value is -2.50. The van der Waals surface area contributed by atoms with Crippen molar-refractivity contribution >= 4 is 23.5 Å². The fourth-order valence-electron chi connectivity index (χ4n) is 2.52. The van der Waals surface area contributed by atoms with E-state index in [1.54, 1.807) is 52.0 Å². The molecule has 0 radical (unpaired) electrons. The molecule has 1 rings (SSSR count). The molecule has 28 heavy (non-hydrogen) atoms. The zero-order valence-electron chi connectivity index (χ0n) is 17.1. The molecular formula is C22H30O6. The van der Waals surface area contributed by atoms with Crippen LogP contribution < -0.4 is 0 Å². The lowest BCUT2D eigenvalue weighted by molar-refractivity contribution is -0.148. The van der Waals surface area contributed by atoms with Gasteiger partial charge in [-0.05, 0) is 51.7 Å². The summed E-state index contributed by atoms with van der Waals surface area (Å²) in [6.45, 7) is 6.41. The molecule has 0 fully saturated rings. The van der Waals surface area contributed by atoms with E-state index in [-0.39, 0.29) is 37.2 Å². The second-order valence-corrected chi connectivity index (χ2v) is 8.63. The van der Waals surface area contributed by atoms with Crippen LogP contribution in [0.25, 0.3) is 0 Å². The Labute approximate surface area is 166 Å². The number of Topliss-reactive ketones (excluding diaryl/α,β-unsaturated/α-hetero) is 2. The molecule has 2 N–H and O–H groups in total. The van der Waals surface area contributed by atoms with E-state index in [0.717, 1.165) is 11.1 Å². The number of rotatable bonds is 12. The van der Waals surface area contributed by atoms with E-state index in [4.69, 9.17) is 10.2 Å². The number of benzene rings is 1. The van der Waals surface area contributed by atoms with Crippen LogP contribution >= 0.6 is 0 Å². The Bertz CT molecular complexity index is 665. The average molecular weight is 390 g/mol. The molecule has 0 unspecified atom stereocenters. The molecule has 6 heteroatoms. The van der Waals surface area contributed by atoms with Crippen LogP contribution in [0, 0.1) is 10.8 Å². The van der Waals surface area contributed by atoms with Crippen molar-refractivity contribution in [3.8, 4) is 0 Å². The fourth-order valence-corrected chi connectivity index (χ4v) is 2.52. The predicted octanol–water partition coefficient (Wildman–Crippen LogP) is 3.69. The fraction of sp³-hybridized carbons (Fsp3) is 0.545. The molecule has 154 valence electrons. The summed E-state index contributed by atoms with van der Waals surface area (Å²) in [6, 6.07) is 7.18. The third-order valence-corrected chi connectivity index (χ3v) is 5.04. The highest BCUT2D eigenvalue weighted by Gasteiger charge is 2.28. The first-order valence-corrected chi connectivity index (χ1v) is 9.41. The van der Waals surface area contributed by atoms with E-state index in [2.05, 4.69) is 0 Å². The topological polar surface area (TPSA) is 109 Å². The van der Waals surface area contributed by atoms with Gasteiger partial charge in [0, 0.05) is 25.7 Å². The third kappa shape index (κ3) is 7.62. The summed E-state index contributed by atoms with van der Waals surface area (Å²) in [6.07, 6.45) is 1.46. The highest BCUT2D eigenvalue weighted by Crippen LogP contribution is 2.24. The lowest BCUT2D eigenvalue weighted by Gasteiger charge is -2.18. The molecule has 0 aliphatic heterocycles. The van der Waals surface area contributed by atoms with Crippen molar-refractivity contribution in [2.45, 2.75) is 66.2 Å². The standard InChI is InChI=1S/C22H30O6/c1-21(2,19(25)26)11-9-17(23)13-15-5-7-16(8-6-15)14-18(24)10-12-22(3,4)20(27)28/h5-8H,9-14H2,1-4H3,(H,25,26)(H,27,28). The van der Waals surface area contributed by atoms with E-state index < -0.39 is 22.8 Å². The van der Waals surface area contributed by atoms with Crippen LogP contribution in [0.5, 0.6) is 0 Å². The molecule has 0 aliphatic rings. The summed E-state index contributed by atoms with van der Waals surface area (Å²) in [5.41, 5.74) is -0.202. The average Bonchev–Trinajstić information content (AvgIpc) is 2.60. The smallest absolute Gasteiger partial charge is 0.309 e. The van der Waals surface area contributed by atoms with E-state index in [9.17, 15) is 19.2 Å². The monoisotopic (exact) mass is 390 g/mol. The normalized spacial score (nSPS) is 11.9. The maximum atomic E-state index is 12.1. The predicted molar refractivity (Wildman–Crippen MR) is 105 cm³/mol. The lowest BCUT2D eigenvalue weighted by atomic mass is 9.86. The minimum atomic E-state index is -0.922. The van der Waals surface area contributed by atoms with E-state index >= 15 is 0 Å². The number of hydrogen-bond donors (Lipinski definition) is 2. The molecule has 0 aromatic heterocycles. The van der Waals surface area contributed by atoms with Gasteiger partial charge in [0.05, 0.1) is 10.8 Å². The van der Waals surface area contributed by atoms with Crippen molar-refractivity contribution < 1.29 is 29.4 Å². The van der Waals surface area contributed by atoms with Gasteiger partial charge in [0.25, 0.3) is 0 Å². The van der Waals surface area contributed by atoms with Crippen LogP contribution in [0.3, 0.4) is 0 Å². The van der Waals surface area contributed by atoms with Crippen molar-refractivity contribution in [2.75, 3.05) is 0 Å². The maximum absolute atomic E-state index is 12.1. The summed E-state index contributed by atoms with van der Waals surface area (Å²) in [5.74, 6) is -1.87. The van der Waals surface area contributed by atoms with Crippen LogP contribution in [0.15, 0.2) is 24.3 Å². The zero-order chi connectivity index (χ0) is 21.5. The number of carbonyl (C=O) groups excluding carboxylic acids is 2. The van der Waals surface area contributed by atoms with Gasteiger partial charge in [-0.15, -0.1) is 0 Å². The van der Waals surface area contributed by atoms with Crippen LogP contribution in [0.1, 0.15) is 64.5 Å². The molecule has 0 amide bonds.